The van der Waals surface area contributed by atoms with Crippen LogP contribution in [0, 0.1) is 6.92 Å². The fraction of sp³-hybridized carbons (Fsp3) is 0.412. The first-order valence-electron chi connectivity index (χ1n) is 7.97. The van der Waals surface area contributed by atoms with E-state index in [-0.39, 0.29) is 0 Å². The van der Waals surface area contributed by atoms with Gasteiger partial charge in [-0.2, -0.15) is 0 Å². The van der Waals surface area contributed by atoms with Crippen molar-refractivity contribution in [2.24, 2.45) is 10.7 Å². The Morgan fingerprint density at radius 1 is 1.22 bits per heavy atom. The van der Waals surface area contributed by atoms with Gasteiger partial charge in [0.1, 0.15) is 0 Å². The summed E-state index contributed by atoms with van der Waals surface area (Å²) in [5, 5.41) is 3.11. The lowest BCUT2D eigenvalue weighted by molar-refractivity contribution is 0.380. The van der Waals surface area contributed by atoms with Crippen LogP contribution in [0.25, 0.3) is 0 Å². The Hall–Kier alpha value is -2.08. The molecule has 0 saturated carbocycles. The molecule has 0 bridgehead atoms. The van der Waals surface area contributed by atoms with E-state index in [1.54, 1.807) is 11.3 Å². The van der Waals surface area contributed by atoms with Crippen LogP contribution < -0.4 is 10.6 Å². The molecule has 0 atom stereocenters. The molecule has 23 heavy (non-hydrogen) atoms. The average molecular weight is 329 g/mol. The van der Waals surface area contributed by atoms with Crippen molar-refractivity contribution in [3.8, 4) is 0 Å². The van der Waals surface area contributed by atoms with Crippen LogP contribution in [0.1, 0.15) is 11.1 Å². The van der Waals surface area contributed by atoms with E-state index in [9.17, 15) is 0 Å². The standard InChI is InChI=1S/C17H23N5S/c1-14-2-4-15(5-3-14)6-7-19-16(18)21-9-11-22(12-10-21)17-20-8-13-23-17/h2-5,8,13H,6-7,9-12H2,1H3,(H2,18,19). The topological polar surface area (TPSA) is 57.8 Å². The molecule has 122 valence electrons. The van der Waals surface area contributed by atoms with E-state index in [0.29, 0.717) is 5.96 Å². The van der Waals surface area contributed by atoms with Crippen LogP contribution in [0.4, 0.5) is 5.13 Å². The lowest BCUT2D eigenvalue weighted by atomic mass is 10.1. The van der Waals surface area contributed by atoms with Crippen LogP contribution in [-0.2, 0) is 6.42 Å². The normalized spacial score (nSPS) is 16.0. The SMILES string of the molecule is Cc1ccc(CCN=C(N)N2CCN(c3nccs3)CC2)cc1. The van der Waals surface area contributed by atoms with Gasteiger partial charge >= 0.3 is 0 Å². The Bertz CT molecular complexity index is 628. The Labute approximate surface area is 141 Å². The largest absolute Gasteiger partial charge is 0.370 e. The maximum absolute atomic E-state index is 6.15. The van der Waals surface area contributed by atoms with Crippen molar-refractivity contribution in [2.45, 2.75) is 13.3 Å². The second kappa shape index (κ2) is 7.46. The Balaban J connectivity index is 1.47. The molecule has 0 spiro atoms. The van der Waals surface area contributed by atoms with Gasteiger partial charge in [-0.1, -0.05) is 29.8 Å². The highest BCUT2D eigenvalue weighted by Gasteiger charge is 2.19. The Morgan fingerprint density at radius 2 is 1.96 bits per heavy atom. The molecule has 5 nitrogen and oxygen atoms in total. The van der Waals surface area contributed by atoms with E-state index in [4.69, 9.17) is 5.73 Å². The molecule has 0 unspecified atom stereocenters. The fourth-order valence-corrected chi connectivity index (χ4v) is 3.35. The van der Waals surface area contributed by atoms with E-state index < -0.39 is 0 Å². The number of anilines is 1. The summed E-state index contributed by atoms with van der Waals surface area (Å²) in [4.78, 5) is 13.4. The molecule has 1 aromatic carbocycles. The smallest absolute Gasteiger partial charge is 0.191 e. The molecular formula is C17H23N5S. The Morgan fingerprint density at radius 3 is 2.61 bits per heavy atom. The number of nitrogens with two attached hydrogens (primary N) is 1. The highest BCUT2D eigenvalue weighted by Crippen LogP contribution is 2.18. The van der Waals surface area contributed by atoms with Gasteiger partial charge in [-0.05, 0) is 18.9 Å². The number of hydrogen-bond acceptors (Lipinski definition) is 4. The van der Waals surface area contributed by atoms with E-state index >= 15 is 0 Å². The molecule has 0 aliphatic carbocycles. The summed E-state index contributed by atoms with van der Waals surface area (Å²) in [7, 11) is 0. The number of aliphatic imine (C=N–C) groups is 1. The minimum absolute atomic E-state index is 0.663. The number of hydrogen-bond donors (Lipinski definition) is 1. The van der Waals surface area contributed by atoms with Crippen LogP contribution in [0.15, 0.2) is 40.8 Å². The van der Waals surface area contributed by atoms with Gasteiger partial charge in [-0.3, -0.25) is 4.99 Å². The fourth-order valence-electron chi connectivity index (χ4n) is 2.65. The van der Waals surface area contributed by atoms with Gasteiger partial charge in [0.2, 0.25) is 0 Å². The highest BCUT2D eigenvalue weighted by atomic mass is 32.1. The molecule has 2 heterocycles. The molecule has 2 aromatic rings. The third-order valence-corrected chi connectivity index (χ3v) is 4.92. The number of rotatable bonds is 4. The third kappa shape index (κ3) is 4.22. The van der Waals surface area contributed by atoms with E-state index in [1.807, 2.05) is 11.6 Å². The predicted octanol–water partition coefficient (Wildman–Crippen LogP) is 2.13. The minimum atomic E-state index is 0.663. The average Bonchev–Trinajstić information content (AvgIpc) is 3.11. The molecule has 1 saturated heterocycles. The molecule has 1 aliphatic rings. The summed E-state index contributed by atoms with van der Waals surface area (Å²) in [6, 6.07) is 8.60. The number of guanidine groups is 1. The van der Waals surface area contributed by atoms with Crippen molar-refractivity contribution in [2.75, 3.05) is 37.6 Å². The first-order valence-corrected chi connectivity index (χ1v) is 8.85. The van der Waals surface area contributed by atoms with Crippen LogP contribution in [-0.4, -0.2) is 48.6 Å². The molecular weight excluding hydrogens is 306 g/mol. The van der Waals surface area contributed by atoms with Gasteiger partial charge in [0.15, 0.2) is 11.1 Å². The second-order valence-corrected chi connectivity index (χ2v) is 6.64. The first kappa shape index (κ1) is 15.8. The van der Waals surface area contributed by atoms with Gasteiger partial charge in [-0.25, -0.2) is 4.98 Å². The number of aryl methyl sites for hydroxylation is 1. The zero-order valence-electron chi connectivity index (χ0n) is 13.5. The number of piperazine rings is 1. The van der Waals surface area contributed by atoms with Gasteiger partial charge in [0.25, 0.3) is 0 Å². The van der Waals surface area contributed by atoms with Crippen molar-refractivity contribution in [1.82, 2.24) is 9.88 Å². The van der Waals surface area contributed by atoms with Crippen molar-refractivity contribution >= 4 is 22.4 Å². The van der Waals surface area contributed by atoms with Crippen LogP contribution in [0.2, 0.25) is 0 Å². The summed E-state index contributed by atoms with van der Waals surface area (Å²) >= 11 is 1.69. The molecule has 0 amide bonds. The van der Waals surface area contributed by atoms with E-state index in [0.717, 1.165) is 44.3 Å². The van der Waals surface area contributed by atoms with Crippen LogP contribution >= 0.6 is 11.3 Å². The van der Waals surface area contributed by atoms with Crippen LogP contribution in [0.3, 0.4) is 0 Å². The molecule has 2 N–H and O–H groups in total. The van der Waals surface area contributed by atoms with E-state index in [1.165, 1.54) is 11.1 Å². The summed E-state index contributed by atoms with van der Waals surface area (Å²) in [6.07, 6.45) is 2.79. The highest BCUT2D eigenvalue weighted by molar-refractivity contribution is 7.13. The lowest BCUT2D eigenvalue weighted by Gasteiger charge is -2.35. The predicted molar refractivity (Wildman–Crippen MR) is 97.3 cm³/mol. The van der Waals surface area contributed by atoms with Crippen molar-refractivity contribution < 1.29 is 0 Å². The maximum Gasteiger partial charge on any atom is 0.191 e. The van der Waals surface area contributed by atoms with Crippen LogP contribution in [0.5, 0.6) is 0 Å². The third-order valence-electron chi connectivity index (χ3n) is 4.09. The molecule has 3 rings (SSSR count). The molecule has 1 aromatic heterocycles. The quantitative estimate of drug-likeness (QED) is 0.690. The second-order valence-electron chi connectivity index (χ2n) is 5.76. The molecule has 6 heteroatoms. The van der Waals surface area contributed by atoms with E-state index in [2.05, 4.69) is 51.0 Å². The van der Waals surface area contributed by atoms with Gasteiger partial charge < -0.3 is 15.5 Å². The molecule has 1 aliphatic heterocycles. The molecule has 1 fully saturated rings. The number of benzene rings is 1. The number of aromatic nitrogens is 1. The number of thiazole rings is 1. The summed E-state index contributed by atoms with van der Waals surface area (Å²) < 4.78 is 0. The zero-order chi connectivity index (χ0) is 16.1. The van der Waals surface area contributed by atoms with Gasteiger partial charge in [0, 0.05) is 44.3 Å². The maximum atomic E-state index is 6.15. The van der Waals surface area contributed by atoms with Crippen molar-refractivity contribution in [1.29, 1.82) is 0 Å². The number of nitrogens with zero attached hydrogens (tertiary/aromatic N) is 4. The first-order chi connectivity index (χ1) is 11.2. The minimum Gasteiger partial charge on any atom is -0.370 e. The summed E-state index contributed by atoms with van der Waals surface area (Å²) in [5.41, 5.74) is 8.74. The van der Waals surface area contributed by atoms with Gasteiger partial charge in [0.05, 0.1) is 0 Å². The Kier molecular flexibility index (Phi) is 5.12. The summed E-state index contributed by atoms with van der Waals surface area (Å²) in [5.74, 6) is 0.663. The monoisotopic (exact) mass is 329 g/mol. The summed E-state index contributed by atoms with van der Waals surface area (Å²) in [6.45, 7) is 6.54. The molecule has 0 radical (unpaired) electrons. The van der Waals surface area contributed by atoms with Crippen molar-refractivity contribution in [3.63, 3.8) is 0 Å². The van der Waals surface area contributed by atoms with Gasteiger partial charge in [-0.15, -0.1) is 11.3 Å². The lowest BCUT2D eigenvalue weighted by Crippen LogP contribution is -2.51. The zero-order valence-corrected chi connectivity index (χ0v) is 14.3. The van der Waals surface area contributed by atoms with Crippen molar-refractivity contribution in [3.05, 3.63) is 47.0 Å².